The molecule has 0 saturated heterocycles. The zero-order valence-electron chi connectivity index (χ0n) is 8.56. The molecular weight excluding hydrogens is 194 g/mol. The molecule has 0 atom stereocenters. The molecule has 0 fully saturated rings. The van der Waals surface area contributed by atoms with Gasteiger partial charge in [0.15, 0.2) is 0 Å². The number of hydrogen-bond acceptors (Lipinski definition) is 3. The largest absolute Gasteiger partial charge is 0.513 e. The predicted molar refractivity (Wildman–Crippen MR) is 56.0 cm³/mol. The Labute approximate surface area is 87.0 Å². The molecule has 0 aliphatic rings. The quantitative estimate of drug-likeness (QED) is 0.530. The number of nitrogens with zero attached hydrogens (tertiary/aromatic N) is 1. The molecule has 4 heteroatoms. The molecule has 1 aromatic carbocycles. The van der Waals surface area contributed by atoms with Crippen molar-refractivity contribution < 1.29 is 14.3 Å². The van der Waals surface area contributed by atoms with Gasteiger partial charge in [-0.15, -0.1) is 0 Å². The number of carbonyl (C=O) groups excluding carboxylic acids is 1. The Morgan fingerprint density at radius 3 is 2.87 bits per heavy atom. The number of rotatable bonds is 1. The molecular formula is C11H11NO3. The van der Waals surface area contributed by atoms with Gasteiger partial charge in [-0.2, -0.15) is 0 Å². The Bertz CT molecular complexity index is 502. The smallest absolute Gasteiger partial charge is 0.437 e. The maximum Gasteiger partial charge on any atom is 0.513 e. The molecule has 0 amide bonds. The van der Waals surface area contributed by atoms with E-state index in [1.807, 2.05) is 29.9 Å². The molecule has 2 rings (SSSR count). The maximum atomic E-state index is 10.9. The SMILES string of the molecule is COC(=O)Oc1ccc2ccn(C)c2c1. The zero-order valence-corrected chi connectivity index (χ0v) is 8.56. The number of methoxy groups -OCH3 is 1. The molecule has 0 saturated carbocycles. The first-order valence-electron chi connectivity index (χ1n) is 4.51. The molecule has 78 valence electrons. The minimum absolute atomic E-state index is 0.483. The standard InChI is InChI=1S/C11H11NO3/c1-12-6-5-8-3-4-9(7-10(8)12)15-11(13)14-2/h3-7H,1-2H3. The fraction of sp³-hybridized carbons (Fsp3) is 0.182. The Hall–Kier alpha value is -1.97. The van der Waals surface area contributed by atoms with Gasteiger partial charge >= 0.3 is 6.16 Å². The van der Waals surface area contributed by atoms with Crippen LogP contribution in [0.4, 0.5) is 4.79 Å². The highest BCUT2D eigenvalue weighted by Crippen LogP contribution is 2.21. The van der Waals surface area contributed by atoms with Crippen molar-refractivity contribution in [3.05, 3.63) is 30.5 Å². The fourth-order valence-corrected chi connectivity index (χ4v) is 1.44. The van der Waals surface area contributed by atoms with Gasteiger partial charge in [0.1, 0.15) is 5.75 Å². The van der Waals surface area contributed by atoms with Crippen LogP contribution in [0.3, 0.4) is 0 Å². The summed E-state index contributed by atoms with van der Waals surface area (Å²) < 4.78 is 11.3. The van der Waals surface area contributed by atoms with E-state index in [1.54, 1.807) is 12.1 Å². The molecule has 0 N–H and O–H groups in total. The van der Waals surface area contributed by atoms with Gasteiger partial charge in [-0.25, -0.2) is 4.79 Å². The van der Waals surface area contributed by atoms with Gasteiger partial charge in [0, 0.05) is 19.3 Å². The van der Waals surface area contributed by atoms with Crippen molar-refractivity contribution >= 4 is 17.1 Å². The summed E-state index contributed by atoms with van der Waals surface area (Å²) in [4.78, 5) is 10.9. The Kier molecular flexibility index (Phi) is 2.33. The molecule has 0 unspecified atom stereocenters. The highest BCUT2D eigenvalue weighted by molar-refractivity contribution is 5.82. The number of aromatic nitrogens is 1. The second-order valence-corrected chi connectivity index (χ2v) is 3.20. The van der Waals surface area contributed by atoms with Gasteiger partial charge in [-0.05, 0) is 23.6 Å². The number of carbonyl (C=O) groups is 1. The minimum Gasteiger partial charge on any atom is -0.437 e. The summed E-state index contributed by atoms with van der Waals surface area (Å²) in [5.41, 5.74) is 1.01. The third-order valence-corrected chi connectivity index (χ3v) is 2.23. The summed E-state index contributed by atoms with van der Waals surface area (Å²) in [5, 5.41) is 1.11. The predicted octanol–water partition coefficient (Wildman–Crippen LogP) is 2.32. The van der Waals surface area contributed by atoms with Crippen LogP contribution in [0.5, 0.6) is 5.75 Å². The first-order valence-corrected chi connectivity index (χ1v) is 4.51. The van der Waals surface area contributed by atoms with Crippen molar-refractivity contribution in [3.63, 3.8) is 0 Å². The van der Waals surface area contributed by atoms with Crippen LogP contribution in [0.2, 0.25) is 0 Å². The molecule has 15 heavy (non-hydrogen) atoms. The molecule has 2 aromatic rings. The van der Waals surface area contributed by atoms with E-state index in [4.69, 9.17) is 4.74 Å². The summed E-state index contributed by atoms with van der Waals surface area (Å²) in [5.74, 6) is 0.483. The number of ether oxygens (including phenoxy) is 2. The summed E-state index contributed by atoms with van der Waals surface area (Å²) in [6.45, 7) is 0. The van der Waals surface area contributed by atoms with Crippen LogP contribution in [0.1, 0.15) is 0 Å². The average molecular weight is 205 g/mol. The van der Waals surface area contributed by atoms with Crippen molar-refractivity contribution in [1.29, 1.82) is 0 Å². The number of aryl methyl sites for hydroxylation is 1. The van der Waals surface area contributed by atoms with Gasteiger partial charge in [0.05, 0.1) is 12.6 Å². The van der Waals surface area contributed by atoms with Crippen LogP contribution in [-0.4, -0.2) is 17.8 Å². The van der Waals surface area contributed by atoms with Crippen LogP contribution in [0.25, 0.3) is 10.9 Å². The lowest BCUT2D eigenvalue weighted by molar-refractivity contribution is 0.121. The first kappa shape index (κ1) is 9.58. The minimum atomic E-state index is -0.705. The van der Waals surface area contributed by atoms with Crippen LogP contribution in [-0.2, 0) is 11.8 Å². The highest BCUT2D eigenvalue weighted by atomic mass is 16.7. The zero-order chi connectivity index (χ0) is 10.8. The van der Waals surface area contributed by atoms with Crippen LogP contribution in [0.15, 0.2) is 30.5 Å². The lowest BCUT2D eigenvalue weighted by Crippen LogP contribution is -2.07. The van der Waals surface area contributed by atoms with Crippen molar-refractivity contribution in [2.75, 3.05) is 7.11 Å². The van der Waals surface area contributed by atoms with Crippen molar-refractivity contribution in [2.45, 2.75) is 0 Å². The van der Waals surface area contributed by atoms with E-state index in [-0.39, 0.29) is 0 Å². The number of benzene rings is 1. The molecule has 1 heterocycles. The second kappa shape index (κ2) is 3.65. The van der Waals surface area contributed by atoms with E-state index in [0.29, 0.717) is 5.75 Å². The second-order valence-electron chi connectivity index (χ2n) is 3.20. The third kappa shape index (κ3) is 1.79. The summed E-state index contributed by atoms with van der Waals surface area (Å²) >= 11 is 0. The number of fused-ring (bicyclic) bond motifs is 1. The third-order valence-electron chi connectivity index (χ3n) is 2.23. The number of hydrogen-bond donors (Lipinski definition) is 0. The normalized spacial score (nSPS) is 10.3. The van der Waals surface area contributed by atoms with E-state index >= 15 is 0 Å². The molecule has 1 aromatic heterocycles. The van der Waals surface area contributed by atoms with Crippen LogP contribution in [0, 0.1) is 0 Å². The fourth-order valence-electron chi connectivity index (χ4n) is 1.44. The van der Waals surface area contributed by atoms with E-state index in [9.17, 15) is 4.79 Å². The molecule has 0 aliphatic carbocycles. The molecule has 0 radical (unpaired) electrons. The molecule has 4 nitrogen and oxygen atoms in total. The Morgan fingerprint density at radius 2 is 2.13 bits per heavy atom. The van der Waals surface area contributed by atoms with Crippen LogP contribution >= 0.6 is 0 Å². The molecule has 0 aliphatic heterocycles. The summed E-state index contributed by atoms with van der Waals surface area (Å²) in [7, 11) is 3.22. The highest BCUT2D eigenvalue weighted by Gasteiger charge is 2.05. The van der Waals surface area contributed by atoms with Crippen molar-refractivity contribution in [3.8, 4) is 5.75 Å². The lowest BCUT2D eigenvalue weighted by Gasteiger charge is -2.03. The van der Waals surface area contributed by atoms with Gasteiger partial charge in [-0.3, -0.25) is 0 Å². The van der Waals surface area contributed by atoms with E-state index < -0.39 is 6.16 Å². The van der Waals surface area contributed by atoms with E-state index in [1.165, 1.54) is 7.11 Å². The van der Waals surface area contributed by atoms with E-state index in [2.05, 4.69) is 4.74 Å². The van der Waals surface area contributed by atoms with Crippen molar-refractivity contribution in [2.24, 2.45) is 7.05 Å². The monoisotopic (exact) mass is 205 g/mol. The topological polar surface area (TPSA) is 40.5 Å². The Morgan fingerprint density at radius 1 is 1.33 bits per heavy atom. The van der Waals surface area contributed by atoms with Gasteiger partial charge in [-0.1, -0.05) is 0 Å². The average Bonchev–Trinajstić information content (AvgIpc) is 2.60. The van der Waals surface area contributed by atoms with Gasteiger partial charge in [0.2, 0.25) is 0 Å². The van der Waals surface area contributed by atoms with E-state index in [0.717, 1.165) is 10.9 Å². The van der Waals surface area contributed by atoms with Crippen molar-refractivity contribution in [1.82, 2.24) is 4.57 Å². The lowest BCUT2D eigenvalue weighted by atomic mass is 10.2. The maximum absolute atomic E-state index is 10.9. The Balaban J connectivity index is 2.37. The molecule has 0 spiro atoms. The van der Waals surface area contributed by atoms with Gasteiger partial charge < -0.3 is 14.0 Å². The summed E-state index contributed by atoms with van der Waals surface area (Å²) in [6, 6.07) is 7.43. The summed E-state index contributed by atoms with van der Waals surface area (Å²) in [6.07, 6.45) is 1.25. The molecule has 0 bridgehead atoms. The first-order chi connectivity index (χ1) is 7.20. The van der Waals surface area contributed by atoms with Gasteiger partial charge in [0.25, 0.3) is 0 Å². The van der Waals surface area contributed by atoms with Crippen LogP contribution < -0.4 is 4.74 Å².